The molecule has 0 atom stereocenters. The van der Waals surface area contributed by atoms with Crippen molar-refractivity contribution < 1.29 is 23.0 Å². The summed E-state index contributed by atoms with van der Waals surface area (Å²) in [4.78, 5) is 8.68. The molecule has 1 nitrogen and oxygen atoms in total. The van der Waals surface area contributed by atoms with Crippen molar-refractivity contribution in [3.05, 3.63) is 24.3 Å². The molecule has 0 saturated carbocycles. The van der Waals surface area contributed by atoms with Gasteiger partial charge in [-0.3, -0.25) is 6.29 Å². The van der Waals surface area contributed by atoms with Gasteiger partial charge in [0.1, 0.15) is 0 Å². The van der Waals surface area contributed by atoms with Crippen LogP contribution in [0.15, 0.2) is 24.3 Å². The van der Waals surface area contributed by atoms with Crippen molar-refractivity contribution in [2.24, 2.45) is 0 Å². The van der Waals surface area contributed by atoms with Crippen LogP contribution < -0.4 is 0 Å². The van der Waals surface area contributed by atoms with Crippen LogP contribution in [0.25, 0.3) is 0 Å². The molecule has 0 aromatic carbocycles. The second kappa shape index (κ2) is 18.0. The first-order valence-corrected chi connectivity index (χ1v) is 6.13. The topological polar surface area (TPSA) is 17.1 Å². The average Bonchev–Trinajstić information content (AvgIpc) is 2.07. The van der Waals surface area contributed by atoms with E-state index >= 15 is 0 Å². The van der Waals surface area contributed by atoms with Crippen LogP contribution in [0.4, 0.5) is 0 Å². The Labute approximate surface area is 95.6 Å². The summed E-state index contributed by atoms with van der Waals surface area (Å²) in [6.07, 6.45) is 15.5. The maximum atomic E-state index is 8.68. The molecule has 0 amide bonds. The minimum atomic E-state index is 1.23. The molecule has 0 aromatic heterocycles. The van der Waals surface area contributed by atoms with Crippen LogP contribution in [0, 0.1) is 0 Å². The van der Waals surface area contributed by atoms with Crippen LogP contribution >= 0.6 is 9.53 Å². The van der Waals surface area contributed by atoms with Crippen molar-refractivity contribution >= 4 is 15.8 Å². The van der Waals surface area contributed by atoms with Crippen molar-refractivity contribution in [1.82, 2.24) is 0 Å². The summed E-state index contributed by atoms with van der Waals surface area (Å²) in [7, 11) is 4.49. The van der Waals surface area contributed by atoms with Gasteiger partial charge in [-0.25, -0.2) is 0 Å². The fourth-order valence-electron chi connectivity index (χ4n) is 0.856. The summed E-state index contributed by atoms with van der Waals surface area (Å²) >= 11 is 2.22. The van der Waals surface area contributed by atoms with Gasteiger partial charge in [-0.15, -0.1) is 0 Å². The van der Waals surface area contributed by atoms with E-state index in [-0.39, 0.29) is 0 Å². The second-order valence-electron chi connectivity index (χ2n) is 2.30. The van der Waals surface area contributed by atoms with Gasteiger partial charge in [0.25, 0.3) is 0 Å². The Balaban J connectivity index is 0. The summed E-state index contributed by atoms with van der Waals surface area (Å²) in [6.45, 7) is 1.32. The van der Waals surface area contributed by atoms with Gasteiger partial charge in [0.05, 0.1) is 0 Å². The van der Waals surface area contributed by atoms with E-state index in [9.17, 15) is 0 Å². The Morgan fingerprint density at radius 1 is 1.00 bits per heavy atom. The molecule has 0 fully saturated rings. The van der Waals surface area contributed by atoms with Gasteiger partial charge < -0.3 is 4.79 Å². The van der Waals surface area contributed by atoms with Gasteiger partial charge in [0, 0.05) is 0 Å². The molecule has 13 heavy (non-hydrogen) atoms. The van der Waals surface area contributed by atoms with Crippen molar-refractivity contribution in [2.45, 2.75) is 32.6 Å². The zero-order valence-corrected chi connectivity index (χ0v) is 10.1. The zero-order chi connectivity index (χ0) is 10.4. The van der Waals surface area contributed by atoms with E-state index in [1.54, 1.807) is 0 Å². The SMILES string of the molecule is C1=C\CC/C=C\CC/1.C[C-]=O.[Cl][Pd+]. The number of allylic oxidation sites excluding steroid dienone is 4. The molecule has 0 spiro atoms. The minimum absolute atomic E-state index is 1.23. The van der Waals surface area contributed by atoms with Gasteiger partial charge in [-0.05, 0) is 25.7 Å². The third-order valence-corrected chi connectivity index (χ3v) is 1.33. The molecular weight excluding hydrogens is 278 g/mol. The quantitative estimate of drug-likeness (QED) is 0.380. The number of rotatable bonds is 0. The third kappa shape index (κ3) is 18.8. The molecule has 1 rings (SSSR count). The summed E-state index contributed by atoms with van der Waals surface area (Å²) in [5, 5.41) is 0. The summed E-state index contributed by atoms with van der Waals surface area (Å²) in [5.41, 5.74) is 0. The first-order chi connectivity index (χ1) is 6.41. The summed E-state index contributed by atoms with van der Waals surface area (Å²) in [5.74, 6) is 0. The van der Waals surface area contributed by atoms with Gasteiger partial charge >= 0.3 is 27.7 Å². The van der Waals surface area contributed by atoms with E-state index in [1.807, 2.05) is 0 Å². The summed E-state index contributed by atoms with van der Waals surface area (Å²) in [6, 6.07) is 0. The predicted octanol–water partition coefficient (Wildman–Crippen LogP) is 3.48. The van der Waals surface area contributed by atoms with Crippen LogP contribution in [-0.4, -0.2) is 6.29 Å². The van der Waals surface area contributed by atoms with Gasteiger partial charge in [0.15, 0.2) is 0 Å². The fraction of sp³-hybridized carbons (Fsp3) is 0.500. The zero-order valence-electron chi connectivity index (χ0n) is 7.74. The van der Waals surface area contributed by atoms with Gasteiger partial charge in [0.2, 0.25) is 0 Å². The van der Waals surface area contributed by atoms with Crippen LogP contribution in [0.3, 0.4) is 0 Å². The Hall–Kier alpha value is 0.102. The fourth-order valence-corrected chi connectivity index (χ4v) is 0.856. The normalized spacial score (nSPS) is 18.8. The standard InChI is InChI=1S/C8H12.C2H3O.ClH.Pd/c1-2-4-6-8-7-5-3-1;1-2-3;;/h1-2,7-8H,3-6H2;1H3;1H;/q;-1;;+2/p-1/b2-1-,8-7-;;;. The van der Waals surface area contributed by atoms with Crippen molar-refractivity contribution in [2.75, 3.05) is 0 Å². The number of hydrogen-bond donors (Lipinski definition) is 0. The van der Waals surface area contributed by atoms with Crippen molar-refractivity contribution in [3.8, 4) is 0 Å². The van der Waals surface area contributed by atoms with E-state index in [2.05, 4.69) is 52.0 Å². The Morgan fingerprint density at radius 2 is 1.15 bits per heavy atom. The van der Waals surface area contributed by atoms with E-state index in [0.29, 0.717) is 0 Å². The molecule has 0 N–H and O–H groups in total. The molecule has 1 aliphatic rings. The van der Waals surface area contributed by atoms with Gasteiger partial charge in [-0.1, -0.05) is 24.3 Å². The van der Waals surface area contributed by atoms with E-state index in [0.717, 1.165) is 0 Å². The monoisotopic (exact) mass is 292 g/mol. The van der Waals surface area contributed by atoms with Crippen LogP contribution in [0.5, 0.6) is 0 Å². The van der Waals surface area contributed by atoms with E-state index in [4.69, 9.17) is 4.79 Å². The second-order valence-corrected chi connectivity index (χ2v) is 2.30. The summed E-state index contributed by atoms with van der Waals surface area (Å²) < 4.78 is 0. The molecule has 0 aromatic rings. The average molecular weight is 293 g/mol. The van der Waals surface area contributed by atoms with Crippen LogP contribution in [0.1, 0.15) is 32.6 Å². The van der Waals surface area contributed by atoms with Gasteiger partial charge in [-0.2, -0.15) is 6.92 Å². The van der Waals surface area contributed by atoms with Crippen molar-refractivity contribution in [1.29, 1.82) is 0 Å². The molecule has 0 bridgehead atoms. The Bertz CT molecular complexity index is 118. The maximum absolute atomic E-state index is 8.68. The van der Waals surface area contributed by atoms with E-state index < -0.39 is 0 Å². The molecular formula is C10H15ClOPd. The predicted molar refractivity (Wildman–Crippen MR) is 54.0 cm³/mol. The molecule has 0 aliphatic heterocycles. The van der Waals surface area contributed by atoms with Crippen molar-refractivity contribution in [3.63, 3.8) is 0 Å². The van der Waals surface area contributed by atoms with Crippen LogP contribution in [0.2, 0.25) is 0 Å². The third-order valence-electron chi connectivity index (χ3n) is 1.33. The number of carbonyl (C=O) groups excluding carboxylic acids is 1. The Morgan fingerprint density at radius 3 is 1.31 bits per heavy atom. The molecule has 78 valence electrons. The van der Waals surface area contributed by atoms with E-state index in [1.165, 1.54) is 38.9 Å². The Kier molecular flexibility index (Phi) is 21.6. The first-order valence-electron chi connectivity index (χ1n) is 4.12. The molecule has 0 saturated heterocycles. The molecule has 1 aliphatic carbocycles. The molecule has 0 unspecified atom stereocenters. The molecule has 0 radical (unpaired) electrons. The first kappa shape index (κ1) is 15.6. The number of halogens is 1. The number of hydrogen-bond acceptors (Lipinski definition) is 1. The molecule has 0 heterocycles. The van der Waals surface area contributed by atoms with Crippen LogP contribution in [-0.2, 0) is 23.0 Å². The molecule has 3 heteroatoms.